The van der Waals surface area contributed by atoms with Crippen molar-refractivity contribution >= 4 is 29.7 Å². The van der Waals surface area contributed by atoms with Gasteiger partial charge in [0.25, 0.3) is 5.91 Å². The SMILES string of the molecule is COc1cc(C)sc1C(=O)N1CCC(C(C)N)CC1.Cl. The maximum Gasteiger partial charge on any atom is 0.267 e. The highest BCUT2D eigenvalue weighted by atomic mass is 35.5. The number of carbonyl (C=O) groups is 1. The van der Waals surface area contributed by atoms with E-state index >= 15 is 0 Å². The summed E-state index contributed by atoms with van der Waals surface area (Å²) in [4.78, 5) is 16.2. The zero-order valence-electron chi connectivity index (χ0n) is 12.2. The van der Waals surface area contributed by atoms with E-state index in [9.17, 15) is 4.79 Å². The number of rotatable bonds is 3. The minimum absolute atomic E-state index is 0. The van der Waals surface area contributed by atoms with Gasteiger partial charge in [-0.2, -0.15) is 0 Å². The lowest BCUT2D eigenvalue weighted by Gasteiger charge is -2.33. The normalized spacial score (nSPS) is 17.5. The summed E-state index contributed by atoms with van der Waals surface area (Å²) in [6, 6.07) is 2.14. The van der Waals surface area contributed by atoms with Crippen molar-refractivity contribution in [2.75, 3.05) is 20.2 Å². The number of halogens is 1. The van der Waals surface area contributed by atoms with E-state index in [2.05, 4.69) is 0 Å². The molecule has 0 aliphatic carbocycles. The van der Waals surface area contributed by atoms with Crippen LogP contribution < -0.4 is 10.5 Å². The third-order valence-corrected chi connectivity index (χ3v) is 4.83. The number of nitrogens with two attached hydrogens (primary N) is 1. The number of ether oxygens (including phenoxy) is 1. The molecule has 2 rings (SSSR count). The summed E-state index contributed by atoms with van der Waals surface area (Å²) in [6.07, 6.45) is 1.99. The molecule has 0 saturated carbocycles. The largest absolute Gasteiger partial charge is 0.495 e. The molecule has 2 heterocycles. The monoisotopic (exact) mass is 318 g/mol. The number of likely N-dealkylation sites (tertiary alicyclic amines) is 1. The van der Waals surface area contributed by atoms with E-state index in [1.165, 1.54) is 11.3 Å². The van der Waals surface area contributed by atoms with Crippen molar-refractivity contribution in [3.63, 3.8) is 0 Å². The van der Waals surface area contributed by atoms with Gasteiger partial charge in [0.05, 0.1) is 7.11 Å². The summed E-state index contributed by atoms with van der Waals surface area (Å²) in [5.74, 6) is 1.33. The Kier molecular flexibility index (Phi) is 6.30. The Bertz CT molecular complexity index is 454. The van der Waals surface area contributed by atoms with E-state index in [1.807, 2.05) is 24.8 Å². The Hall–Kier alpha value is -0.780. The Morgan fingerprint density at radius 3 is 2.60 bits per heavy atom. The Labute approximate surface area is 130 Å². The minimum Gasteiger partial charge on any atom is -0.495 e. The van der Waals surface area contributed by atoms with Gasteiger partial charge in [0.2, 0.25) is 0 Å². The van der Waals surface area contributed by atoms with Crippen LogP contribution in [0.15, 0.2) is 6.07 Å². The second kappa shape index (κ2) is 7.29. The third kappa shape index (κ3) is 3.65. The second-order valence-corrected chi connectivity index (χ2v) is 6.50. The second-order valence-electron chi connectivity index (χ2n) is 5.24. The number of carbonyl (C=O) groups excluding carboxylic acids is 1. The molecule has 0 bridgehead atoms. The van der Waals surface area contributed by atoms with E-state index in [0.717, 1.165) is 35.7 Å². The van der Waals surface area contributed by atoms with E-state index in [0.29, 0.717) is 11.7 Å². The van der Waals surface area contributed by atoms with Gasteiger partial charge in [-0.15, -0.1) is 23.7 Å². The fourth-order valence-electron chi connectivity index (χ4n) is 2.56. The van der Waals surface area contributed by atoms with Crippen LogP contribution in [0.5, 0.6) is 5.75 Å². The average molecular weight is 319 g/mol. The van der Waals surface area contributed by atoms with Crippen molar-refractivity contribution in [2.45, 2.75) is 32.7 Å². The molecule has 6 heteroatoms. The summed E-state index contributed by atoms with van der Waals surface area (Å²) in [6.45, 7) is 5.64. The molecule has 1 aromatic heterocycles. The summed E-state index contributed by atoms with van der Waals surface area (Å²) in [5, 5.41) is 0. The van der Waals surface area contributed by atoms with Crippen molar-refractivity contribution in [3.8, 4) is 5.75 Å². The third-order valence-electron chi connectivity index (χ3n) is 3.81. The number of hydrogen-bond acceptors (Lipinski definition) is 4. The molecule has 1 saturated heterocycles. The molecule has 1 aliphatic rings. The summed E-state index contributed by atoms with van der Waals surface area (Å²) in [5.41, 5.74) is 5.93. The van der Waals surface area contributed by atoms with E-state index in [-0.39, 0.29) is 24.4 Å². The molecule has 0 spiro atoms. The van der Waals surface area contributed by atoms with E-state index < -0.39 is 0 Å². The number of methoxy groups -OCH3 is 1. The Morgan fingerprint density at radius 1 is 1.50 bits per heavy atom. The van der Waals surface area contributed by atoms with E-state index in [1.54, 1.807) is 7.11 Å². The average Bonchev–Trinajstić information content (AvgIpc) is 2.79. The lowest BCUT2D eigenvalue weighted by atomic mass is 9.91. The molecule has 1 aromatic rings. The molecular formula is C14H23ClN2O2S. The maximum absolute atomic E-state index is 12.5. The number of aryl methyl sites for hydroxylation is 1. The number of thiophene rings is 1. The molecule has 1 fully saturated rings. The van der Waals surface area contributed by atoms with Gasteiger partial charge in [-0.1, -0.05) is 0 Å². The molecule has 1 aliphatic heterocycles. The van der Waals surface area contributed by atoms with Crippen LogP contribution in [-0.2, 0) is 0 Å². The number of hydrogen-bond donors (Lipinski definition) is 1. The van der Waals surface area contributed by atoms with Crippen molar-refractivity contribution in [3.05, 3.63) is 15.8 Å². The minimum atomic E-state index is 0. The van der Waals surface area contributed by atoms with E-state index in [4.69, 9.17) is 10.5 Å². The molecular weight excluding hydrogens is 296 g/mol. The molecule has 2 N–H and O–H groups in total. The van der Waals surface area contributed by atoms with Crippen molar-refractivity contribution in [1.82, 2.24) is 4.90 Å². The molecule has 0 aromatic carbocycles. The van der Waals surface area contributed by atoms with Gasteiger partial charge < -0.3 is 15.4 Å². The molecule has 114 valence electrons. The van der Waals surface area contributed by atoms with Crippen LogP contribution in [0.25, 0.3) is 0 Å². The van der Waals surface area contributed by atoms with Gasteiger partial charge in [0.15, 0.2) is 0 Å². The quantitative estimate of drug-likeness (QED) is 0.932. The molecule has 1 unspecified atom stereocenters. The number of piperidine rings is 1. The first-order valence-electron chi connectivity index (χ1n) is 6.72. The van der Waals surface area contributed by atoms with Crippen molar-refractivity contribution in [2.24, 2.45) is 11.7 Å². The topological polar surface area (TPSA) is 55.6 Å². The van der Waals surface area contributed by atoms with Crippen LogP contribution in [0.3, 0.4) is 0 Å². The first-order chi connectivity index (χ1) is 9.02. The van der Waals surface area contributed by atoms with Crippen LogP contribution in [0.1, 0.15) is 34.3 Å². The van der Waals surface area contributed by atoms with Gasteiger partial charge in [0, 0.05) is 24.0 Å². The fraction of sp³-hybridized carbons (Fsp3) is 0.643. The van der Waals surface area contributed by atoms with Gasteiger partial charge in [0.1, 0.15) is 10.6 Å². The first kappa shape index (κ1) is 17.3. The lowest BCUT2D eigenvalue weighted by Crippen LogP contribution is -2.42. The zero-order chi connectivity index (χ0) is 14.0. The highest BCUT2D eigenvalue weighted by Crippen LogP contribution is 2.31. The summed E-state index contributed by atoms with van der Waals surface area (Å²) >= 11 is 1.51. The fourth-order valence-corrected chi connectivity index (χ4v) is 3.51. The summed E-state index contributed by atoms with van der Waals surface area (Å²) < 4.78 is 5.28. The van der Waals surface area contributed by atoms with Gasteiger partial charge >= 0.3 is 0 Å². The smallest absolute Gasteiger partial charge is 0.267 e. The Morgan fingerprint density at radius 2 is 2.10 bits per heavy atom. The van der Waals surface area contributed by atoms with Crippen molar-refractivity contribution in [1.29, 1.82) is 0 Å². The molecule has 0 radical (unpaired) electrons. The zero-order valence-corrected chi connectivity index (χ0v) is 13.9. The Balaban J connectivity index is 0.00000200. The van der Waals surface area contributed by atoms with Gasteiger partial charge in [-0.25, -0.2) is 0 Å². The lowest BCUT2D eigenvalue weighted by molar-refractivity contribution is 0.0683. The maximum atomic E-state index is 12.5. The predicted octanol–water partition coefficient (Wildman–Crippen LogP) is 2.69. The van der Waals surface area contributed by atoms with Gasteiger partial charge in [-0.05, 0) is 38.7 Å². The van der Waals surface area contributed by atoms with Crippen LogP contribution >= 0.6 is 23.7 Å². The first-order valence-corrected chi connectivity index (χ1v) is 7.54. The predicted molar refractivity (Wildman–Crippen MR) is 85.1 cm³/mol. The van der Waals surface area contributed by atoms with Crippen LogP contribution in [-0.4, -0.2) is 37.0 Å². The molecule has 20 heavy (non-hydrogen) atoms. The van der Waals surface area contributed by atoms with Crippen molar-refractivity contribution < 1.29 is 9.53 Å². The standard InChI is InChI=1S/C14H22N2O2S.ClH/c1-9-8-12(18-3)13(19-9)14(17)16-6-4-11(5-7-16)10(2)15;/h8,10-11H,4-7,15H2,1-3H3;1H. The number of nitrogens with zero attached hydrogens (tertiary/aromatic N) is 1. The van der Waals surface area contributed by atoms with Crippen LogP contribution in [0, 0.1) is 12.8 Å². The molecule has 1 amide bonds. The van der Waals surface area contributed by atoms with Crippen LogP contribution in [0.4, 0.5) is 0 Å². The molecule has 4 nitrogen and oxygen atoms in total. The highest BCUT2D eigenvalue weighted by molar-refractivity contribution is 7.14. The summed E-state index contributed by atoms with van der Waals surface area (Å²) in [7, 11) is 1.61. The highest BCUT2D eigenvalue weighted by Gasteiger charge is 2.27. The van der Waals surface area contributed by atoms with Gasteiger partial charge in [-0.3, -0.25) is 4.79 Å². The number of amides is 1. The van der Waals surface area contributed by atoms with Crippen LogP contribution in [0.2, 0.25) is 0 Å². The molecule has 1 atom stereocenters.